The predicted molar refractivity (Wildman–Crippen MR) is 111 cm³/mol. The molecule has 1 saturated heterocycles. The minimum atomic E-state index is -0.583. The third kappa shape index (κ3) is 5.21. The molecular formula is C22H23N5O2. The van der Waals surface area contributed by atoms with Gasteiger partial charge in [0.05, 0.1) is 11.3 Å². The number of primary amides is 1. The second-order valence-corrected chi connectivity index (χ2v) is 6.78. The molecule has 0 unspecified atom stereocenters. The molecular weight excluding hydrogens is 366 g/mol. The summed E-state index contributed by atoms with van der Waals surface area (Å²) in [5.41, 5.74) is 7.33. The fourth-order valence-corrected chi connectivity index (χ4v) is 3.24. The topological polar surface area (TPSA) is 102 Å². The number of nitrogens with two attached hydrogens (primary N) is 1. The molecule has 0 atom stereocenters. The summed E-state index contributed by atoms with van der Waals surface area (Å²) in [5.74, 6) is -0.906. The number of nitrogens with zero attached hydrogens (tertiary/aromatic N) is 3. The van der Waals surface area contributed by atoms with E-state index in [0.29, 0.717) is 24.3 Å². The van der Waals surface area contributed by atoms with E-state index < -0.39 is 5.91 Å². The molecule has 2 amide bonds. The first-order chi connectivity index (χ1) is 14.1. The Morgan fingerprint density at radius 1 is 1.03 bits per heavy atom. The van der Waals surface area contributed by atoms with Crippen LogP contribution in [0.4, 0.5) is 5.69 Å². The number of para-hydroxylation sites is 1. The SMILES string of the molecule is N#C/C(=C/Nc1ccccc1C(N)=O)C(=O)N1CCN(Cc2ccccc2)CC1. The quantitative estimate of drug-likeness (QED) is 0.581. The van der Waals surface area contributed by atoms with E-state index in [-0.39, 0.29) is 11.5 Å². The number of carbonyl (C=O) groups excluding carboxylic acids is 2. The lowest BCUT2D eigenvalue weighted by atomic mass is 10.1. The third-order valence-electron chi connectivity index (χ3n) is 4.82. The Kier molecular flexibility index (Phi) is 6.61. The number of nitrogens with one attached hydrogen (secondary N) is 1. The van der Waals surface area contributed by atoms with Crippen LogP contribution in [0.5, 0.6) is 0 Å². The molecule has 29 heavy (non-hydrogen) atoms. The van der Waals surface area contributed by atoms with E-state index in [1.54, 1.807) is 29.2 Å². The molecule has 148 valence electrons. The van der Waals surface area contributed by atoms with Gasteiger partial charge in [0.25, 0.3) is 11.8 Å². The van der Waals surface area contributed by atoms with Gasteiger partial charge in [-0.05, 0) is 17.7 Å². The molecule has 1 aliphatic rings. The second kappa shape index (κ2) is 9.53. The fourth-order valence-electron chi connectivity index (χ4n) is 3.24. The maximum atomic E-state index is 12.7. The van der Waals surface area contributed by atoms with E-state index in [9.17, 15) is 14.9 Å². The summed E-state index contributed by atoms with van der Waals surface area (Å²) in [6, 6.07) is 18.8. The molecule has 0 spiro atoms. The third-order valence-corrected chi connectivity index (χ3v) is 4.82. The molecule has 0 aromatic heterocycles. The maximum absolute atomic E-state index is 12.7. The van der Waals surface area contributed by atoms with E-state index in [0.717, 1.165) is 19.6 Å². The van der Waals surface area contributed by atoms with E-state index in [1.165, 1.54) is 11.8 Å². The van der Waals surface area contributed by atoms with Gasteiger partial charge in [0.2, 0.25) is 0 Å². The van der Waals surface area contributed by atoms with Gasteiger partial charge in [-0.1, -0.05) is 42.5 Å². The van der Waals surface area contributed by atoms with Gasteiger partial charge in [0.1, 0.15) is 11.6 Å². The van der Waals surface area contributed by atoms with E-state index >= 15 is 0 Å². The van der Waals surface area contributed by atoms with Crippen molar-refractivity contribution < 1.29 is 9.59 Å². The summed E-state index contributed by atoms with van der Waals surface area (Å²) >= 11 is 0. The number of benzene rings is 2. The summed E-state index contributed by atoms with van der Waals surface area (Å²) in [4.78, 5) is 28.2. The Morgan fingerprint density at radius 3 is 2.34 bits per heavy atom. The van der Waals surface area contributed by atoms with Crippen LogP contribution in [0.15, 0.2) is 66.4 Å². The van der Waals surface area contributed by atoms with Crippen molar-refractivity contribution in [2.24, 2.45) is 5.73 Å². The van der Waals surface area contributed by atoms with E-state index in [4.69, 9.17) is 5.73 Å². The van der Waals surface area contributed by atoms with Crippen molar-refractivity contribution in [1.82, 2.24) is 9.80 Å². The molecule has 0 aliphatic carbocycles. The van der Waals surface area contributed by atoms with Gasteiger partial charge in [-0.25, -0.2) is 0 Å². The minimum Gasteiger partial charge on any atom is -0.366 e. The molecule has 7 heteroatoms. The Labute approximate surface area is 170 Å². The first kappa shape index (κ1) is 20.1. The van der Waals surface area contributed by atoms with Gasteiger partial charge in [-0.3, -0.25) is 14.5 Å². The fraction of sp³-hybridized carbons (Fsp3) is 0.227. The van der Waals surface area contributed by atoms with Gasteiger partial charge in [-0.2, -0.15) is 5.26 Å². The second-order valence-electron chi connectivity index (χ2n) is 6.78. The zero-order valence-electron chi connectivity index (χ0n) is 16.0. The molecule has 2 aromatic carbocycles. The molecule has 0 radical (unpaired) electrons. The number of hydrogen-bond acceptors (Lipinski definition) is 5. The lowest BCUT2D eigenvalue weighted by molar-refractivity contribution is -0.128. The highest BCUT2D eigenvalue weighted by molar-refractivity contribution is 6.00. The number of amides is 2. The maximum Gasteiger partial charge on any atom is 0.266 e. The molecule has 0 saturated carbocycles. The first-order valence-corrected chi connectivity index (χ1v) is 9.39. The number of nitriles is 1. The zero-order chi connectivity index (χ0) is 20.6. The number of rotatable bonds is 6. The summed E-state index contributed by atoms with van der Waals surface area (Å²) < 4.78 is 0. The smallest absolute Gasteiger partial charge is 0.266 e. The van der Waals surface area contributed by atoms with Gasteiger partial charge in [0, 0.05) is 38.9 Å². The Morgan fingerprint density at radius 2 is 1.69 bits per heavy atom. The van der Waals surface area contributed by atoms with Crippen molar-refractivity contribution in [3.8, 4) is 6.07 Å². The summed E-state index contributed by atoms with van der Waals surface area (Å²) in [6.45, 7) is 3.45. The van der Waals surface area contributed by atoms with Gasteiger partial charge < -0.3 is 16.0 Å². The normalized spacial score (nSPS) is 14.9. The average molecular weight is 389 g/mol. The minimum absolute atomic E-state index is 0.0132. The largest absolute Gasteiger partial charge is 0.366 e. The van der Waals surface area contributed by atoms with Crippen LogP contribution < -0.4 is 11.1 Å². The van der Waals surface area contributed by atoms with Crippen molar-refractivity contribution >= 4 is 17.5 Å². The molecule has 1 fully saturated rings. The lowest BCUT2D eigenvalue weighted by Gasteiger charge is -2.34. The predicted octanol–water partition coefficient (Wildman–Crippen LogP) is 1.95. The highest BCUT2D eigenvalue weighted by Crippen LogP contribution is 2.16. The van der Waals surface area contributed by atoms with E-state index in [2.05, 4.69) is 22.3 Å². The van der Waals surface area contributed by atoms with Crippen molar-refractivity contribution in [1.29, 1.82) is 5.26 Å². The van der Waals surface area contributed by atoms with Crippen LogP contribution in [-0.4, -0.2) is 47.8 Å². The molecule has 7 nitrogen and oxygen atoms in total. The highest BCUT2D eigenvalue weighted by atomic mass is 16.2. The Bertz CT molecular complexity index is 941. The van der Waals surface area contributed by atoms with Crippen LogP contribution in [0.3, 0.4) is 0 Å². The monoisotopic (exact) mass is 389 g/mol. The van der Waals surface area contributed by atoms with E-state index in [1.807, 2.05) is 24.3 Å². The van der Waals surface area contributed by atoms with Crippen LogP contribution in [0, 0.1) is 11.3 Å². The first-order valence-electron chi connectivity index (χ1n) is 9.39. The average Bonchev–Trinajstić information content (AvgIpc) is 2.75. The molecule has 1 aliphatic heterocycles. The van der Waals surface area contributed by atoms with Gasteiger partial charge in [0.15, 0.2) is 0 Å². The number of piperazine rings is 1. The Balaban J connectivity index is 1.60. The van der Waals surface area contributed by atoms with Crippen molar-refractivity contribution in [3.63, 3.8) is 0 Å². The summed E-state index contributed by atoms with van der Waals surface area (Å²) in [5, 5.41) is 12.3. The molecule has 0 bridgehead atoms. The number of hydrogen-bond donors (Lipinski definition) is 2. The summed E-state index contributed by atoms with van der Waals surface area (Å²) in [6.07, 6.45) is 1.33. The van der Waals surface area contributed by atoms with Crippen molar-refractivity contribution in [2.45, 2.75) is 6.54 Å². The zero-order valence-corrected chi connectivity index (χ0v) is 16.0. The molecule has 3 N–H and O–H groups in total. The molecule has 3 rings (SSSR count). The van der Waals surface area contributed by atoms with Crippen LogP contribution in [0.2, 0.25) is 0 Å². The van der Waals surface area contributed by atoms with Gasteiger partial charge in [-0.15, -0.1) is 0 Å². The standard InChI is InChI=1S/C22H23N5O2/c23-14-18(15-25-20-9-5-4-8-19(20)21(24)28)22(29)27-12-10-26(11-13-27)16-17-6-2-1-3-7-17/h1-9,15,25H,10-13,16H2,(H2,24,28)/b18-15-. The lowest BCUT2D eigenvalue weighted by Crippen LogP contribution is -2.48. The summed E-state index contributed by atoms with van der Waals surface area (Å²) in [7, 11) is 0. The van der Waals surface area contributed by atoms with Crippen LogP contribution in [0.25, 0.3) is 0 Å². The number of carbonyl (C=O) groups is 2. The molecule has 2 aromatic rings. The van der Waals surface area contributed by atoms with Crippen LogP contribution >= 0.6 is 0 Å². The number of anilines is 1. The van der Waals surface area contributed by atoms with Crippen molar-refractivity contribution in [3.05, 3.63) is 77.5 Å². The van der Waals surface area contributed by atoms with Crippen LogP contribution in [0.1, 0.15) is 15.9 Å². The highest BCUT2D eigenvalue weighted by Gasteiger charge is 2.23. The Hall–Kier alpha value is -3.63. The van der Waals surface area contributed by atoms with Gasteiger partial charge >= 0.3 is 0 Å². The van der Waals surface area contributed by atoms with Crippen LogP contribution in [-0.2, 0) is 11.3 Å². The van der Waals surface area contributed by atoms with Crippen molar-refractivity contribution in [2.75, 3.05) is 31.5 Å². The molecule has 1 heterocycles.